The molecule has 0 unspecified atom stereocenters. The highest BCUT2D eigenvalue weighted by molar-refractivity contribution is 7.25. The van der Waals surface area contributed by atoms with Crippen molar-refractivity contribution >= 4 is 75.1 Å². The van der Waals surface area contributed by atoms with Crippen molar-refractivity contribution < 1.29 is 0 Å². The average Bonchev–Trinajstić information content (AvgIpc) is 3.85. The Bertz CT molecular complexity index is 3120. The summed E-state index contributed by atoms with van der Waals surface area (Å²) in [6.07, 6.45) is 0. The second kappa shape index (κ2) is 11.0. The van der Waals surface area contributed by atoms with E-state index >= 15 is 0 Å². The summed E-state index contributed by atoms with van der Waals surface area (Å²) in [4.78, 5) is 0. The maximum atomic E-state index is 2.49. The summed E-state index contributed by atoms with van der Waals surface area (Å²) in [5.41, 5.74) is 12.1. The smallest absolute Gasteiger partial charge is 0.0555 e. The highest BCUT2D eigenvalue weighted by Gasteiger charge is 2.18. The number of hydrogen-bond donors (Lipinski definition) is 0. The molecule has 2 nitrogen and oxygen atoms in total. The van der Waals surface area contributed by atoms with Crippen molar-refractivity contribution in [3.05, 3.63) is 182 Å². The van der Waals surface area contributed by atoms with Gasteiger partial charge in [-0.05, 0) is 76.9 Å². The molecular weight excluding hydrogens is 637 g/mol. The second-order valence-electron chi connectivity index (χ2n) is 13.3. The van der Waals surface area contributed by atoms with E-state index in [1.165, 1.54) is 91.7 Å². The molecule has 0 aliphatic carbocycles. The van der Waals surface area contributed by atoms with Crippen LogP contribution in [0.25, 0.3) is 97.4 Å². The second-order valence-corrected chi connectivity index (χ2v) is 14.4. The first kappa shape index (κ1) is 28.4. The van der Waals surface area contributed by atoms with Crippen molar-refractivity contribution in [2.24, 2.45) is 0 Å². The zero-order valence-corrected chi connectivity index (χ0v) is 28.4. The number of aromatic nitrogens is 2. The van der Waals surface area contributed by atoms with Gasteiger partial charge in [0.2, 0.25) is 0 Å². The molecule has 0 bridgehead atoms. The zero-order chi connectivity index (χ0) is 33.5. The van der Waals surface area contributed by atoms with Gasteiger partial charge < -0.3 is 9.13 Å². The molecule has 0 amide bonds. The summed E-state index contributed by atoms with van der Waals surface area (Å²) < 4.78 is 7.53. The van der Waals surface area contributed by atoms with E-state index in [1.807, 2.05) is 11.3 Å². The Morgan fingerprint density at radius 1 is 0.314 bits per heavy atom. The van der Waals surface area contributed by atoms with Gasteiger partial charge in [-0.1, -0.05) is 127 Å². The average molecular weight is 667 g/mol. The maximum absolute atomic E-state index is 2.49. The lowest BCUT2D eigenvalue weighted by molar-refractivity contribution is 1.18. The molecule has 3 heteroatoms. The molecule has 3 heterocycles. The Kier molecular flexibility index (Phi) is 6.16. The third-order valence-electron chi connectivity index (χ3n) is 10.5. The first-order valence-electron chi connectivity index (χ1n) is 17.4. The first-order chi connectivity index (χ1) is 25.3. The lowest BCUT2D eigenvalue weighted by atomic mass is 10.0. The lowest BCUT2D eigenvalue weighted by Gasteiger charge is -2.12. The highest BCUT2D eigenvalue weighted by atomic mass is 32.1. The molecule has 3 aromatic heterocycles. The van der Waals surface area contributed by atoms with Gasteiger partial charge in [0.25, 0.3) is 0 Å². The standard InChI is InChI=1S/C48H30N2S/c1-2-11-31(12-3-1)32-21-25-35(26-22-32)49-41-16-7-4-13-36(41)38-27-23-33(29-44(38)49)34-24-28-39-37-14-5-8-17-42(37)50(45(39)30-34)43-18-10-20-47-48(43)40-15-6-9-19-46(40)51-47/h1-30H. The van der Waals surface area contributed by atoms with Crippen LogP contribution >= 0.6 is 11.3 Å². The molecule has 0 fully saturated rings. The maximum Gasteiger partial charge on any atom is 0.0555 e. The third-order valence-corrected chi connectivity index (χ3v) is 11.7. The molecule has 0 aliphatic rings. The largest absolute Gasteiger partial charge is 0.309 e. The molecule has 51 heavy (non-hydrogen) atoms. The van der Waals surface area contributed by atoms with E-state index in [0.29, 0.717) is 0 Å². The van der Waals surface area contributed by atoms with Crippen LogP contribution in [0.15, 0.2) is 182 Å². The Morgan fingerprint density at radius 2 is 0.824 bits per heavy atom. The van der Waals surface area contributed by atoms with Gasteiger partial charge in [-0.15, -0.1) is 11.3 Å². The number of para-hydroxylation sites is 2. The van der Waals surface area contributed by atoms with E-state index in [-0.39, 0.29) is 0 Å². The van der Waals surface area contributed by atoms with Crippen LogP contribution in [0, 0.1) is 0 Å². The van der Waals surface area contributed by atoms with Crippen molar-refractivity contribution in [3.63, 3.8) is 0 Å². The highest BCUT2D eigenvalue weighted by Crippen LogP contribution is 2.42. The van der Waals surface area contributed by atoms with Crippen molar-refractivity contribution in [1.29, 1.82) is 0 Å². The summed E-state index contributed by atoms with van der Waals surface area (Å²) in [6, 6.07) is 66.7. The molecule has 11 aromatic rings. The van der Waals surface area contributed by atoms with Crippen LogP contribution in [-0.4, -0.2) is 9.13 Å². The van der Waals surface area contributed by atoms with Crippen LogP contribution in [-0.2, 0) is 0 Å². The van der Waals surface area contributed by atoms with E-state index in [4.69, 9.17) is 0 Å². The Morgan fingerprint density at radius 3 is 1.53 bits per heavy atom. The minimum atomic E-state index is 1.16. The van der Waals surface area contributed by atoms with Gasteiger partial charge in [-0.2, -0.15) is 0 Å². The number of rotatable bonds is 4. The first-order valence-corrected chi connectivity index (χ1v) is 18.3. The lowest BCUT2D eigenvalue weighted by Crippen LogP contribution is -1.95. The molecule has 11 rings (SSSR count). The summed E-state index contributed by atoms with van der Waals surface area (Å²) >= 11 is 1.87. The summed E-state index contributed by atoms with van der Waals surface area (Å²) in [7, 11) is 0. The Balaban J connectivity index is 1.13. The molecule has 0 saturated carbocycles. The third kappa shape index (κ3) is 4.29. The number of hydrogen-bond acceptors (Lipinski definition) is 1. The van der Waals surface area contributed by atoms with Gasteiger partial charge in [-0.25, -0.2) is 0 Å². The molecule has 0 N–H and O–H groups in total. The molecule has 8 aromatic carbocycles. The topological polar surface area (TPSA) is 9.86 Å². The van der Waals surface area contributed by atoms with Gasteiger partial charge >= 0.3 is 0 Å². The van der Waals surface area contributed by atoms with Gasteiger partial charge in [0.15, 0.2) is 0 Å². The van der Waals surface area contributed by atoms with E-state index in [0.717, 1.165) is 5.69 Å². The molecule has 0 radical (unpaired) electrons. The van der Waals surface area contributed by atoms with Crippen LogP contribution in [0.4, 0.5) is 0 Å². The number of benzene rings is 8. The molecule has 0 spiro atoms. The van der Waals surface area contributed by atoms with E-state index in [9.17, 15) is 0 Å². The molecule has 0 atom stereocenters. The fraction of sp³-hybridized carbons (Fsp3) is 0. The quantitative estimate of drug-likeness (QED) is 0.177. The van der Waals surface area contributed by atoms with E-state index in [1.54, 1.807) is 0 Å². The Labute approximate surface area is 298 Å². The van der Waals surface area contributed by atoms with Gasteiger partial charge in [0, 0.05) is 47.4 Å². The predicted octanol–water partition coefficient (Wildman–Crippen LogP) is 13.6. The molecule has 0 saturated heterocycles. The normalized spacial score (nSPS) is 11.9. The van der Waals surface area contributed by atoms with Crippen molar-refractivity contribution in [1.82, 2.24) is 9.13 Å². The van der Waals surface area contributed by atoms with Gasteiger partial charge in [0.1, 0.15) is 0 Å². The Hall–Kier alpha value is -6.42. The van der Waals surface area contributed by atoms with Crippen LogP contribution in [0.3, 0.4) is 0 Å². The zero-order valence-electron chi connectivity index (χ0n) is 27.6. The molecule has 0 aliphatic heterocycles. The number of fused-ring (bicyclic) bond motifs is 9. The van der Waals surface area contributed by atoms with Crippen LogP contribution in [0.1, 0.15) is 0 Å². The molecule has 238 valence electrons. The van der Waals surface area contributed by atoms with Crippen LogP contribution in [0.2, 0.25) is 0 Å². The minimum Gasteiger partial charge on any atom is -0.309 e. The monoisotopic (exact) mass is 666 g/mol. The van der Waals surface area contributed by atoms with Gasteiger partial charge in [0.05, 0.1) is 27.8 Å². The molecular formula is C48H30N2S. The fourth-order valence-corrected chi connectivity index (χ4v) is 9.34. The van der Waals surface area contributed by atoms with E-state index < -0.39 is 0 Å². The van der Waals surface area contributed by atoms with Crippen molar-refractivity contribution in [3.8, 4) is 33.6 Å². The van der Waals surface area contributed by atoms with Crippen LogP contribution in [0.5, 0.6) is 0 Å². The van der Waals surface area contributed by atoms with Gasteiger partial charge in [-0.3, -0.25) is 0 Å². The van der Waals surface area contributed by atoms with E-state index in [2.05, 4.69) is 191 Å². The van der Waals surface area contributed by atoms with Crippen molar-refractivity contribution in [2.75, 3.05) is 0 Å². The van der Waals surface area contributed by atoms with Crippen molar-refractivity contribution in [2.45, 2.75) is 0 Å². The SMILES string of the molecule is c1ccc(-c2ccc(-n3c4ccccc4c4ccc(-c5ccc6c7ccccc7n(-c7cccc8sc9ccccc9c78)c6c5)cc43)cc2)cc1. The van der Waals surface area contributed by atoms with Crippen LogP contribution < -0.4 is 0 Å². The fourth-order valence-electron chi connectivity index (χ4n) is 8.21. The summed E-state index contributed by atoms with van der Waals surface area (Å²) in [6.45, 7) is 0. The minimum absolute atomic E-state index is 1.16. The number of thiophene rings is 1. The predicted molar refractivity (Wildman–Crippen MR) is 219 cm³/mol. The summed E-state index contributed by atoms with van der Waals surface area (Å²) in [5, 5.41) is 7.68. The summed E-state index contributed by atoms with van der Waals surface area (Å²) in [5.74, 6) is 0. The number of nitrogens with zero attached hydrogens (tertiary/aromatic N) is 2.